The number of rotatable bonds is 4. The van der Waals surface area contributed by atoms with Gasteiger partial charge in [-0.3, -0.25) is 0 Å². The summed E-state index contributed by atoms with van der Waals surface area (Å²) in [6, 6.07) is 1.39. The highest BCUT2D eigenvalue weighted by molar-refractivity contribution is 7.80. The van der Waals surface area contributed by atoms with Crippen LogP contribution in [0, 0.1) is 5.92 Å². The minimum Gasteiger partial charge on any atom is -0.360 e. The van der Waals surface area contributed by atoms with Crippen LogP contribution in [0.2, 0.25) is 0 Å². The number of thiocarbonyl (C=S) groups is 1. The third kappa shape index (κ3) is 3.34. The van der Waals surface area contributed by atoms with E-state index in [-0.39, 0.29) is 0 Å². The third-order valence-electron chi connectivity index (χ3n) is 3.49. The molecule has 0 aromatic rings. The minimum absolute atomic E-state index is 0.654. The summed E-state index contributed by atoms with van der Waals surface area (Å²) in [6.45, 7) is 5.66. The first-order chi connectivity index (χ1) is 7.66. The zero-order valence-electron chi connectivity index (χ0n) is 10.5. The van der Waals surface area contributed by atoms with Crippen LogP contribution in [-0.4, -0.2) is 28.6 Å². The Hall–Kier alpha value is -0.310. The van der Waals surface area contributed by atoms with Crippen LogP contribution in [0.3, 0.4) is 0 Å². The number of hydrogen-bond donors (Lipinski definition) is 1. The normalized spacial score (nSPS) is 21.4. The highest BCUT2D eigenvalue weighted by Gasteiger charge is 2.31. The van der Waals surface area contributed by atoms with E-state index in [4.69, 9.17) is 12.2 Å². The van der Waals surface area contributed by atoms with Crippen molar-refractivity contribution in [1.82, 2.24) is 10.2 Å². The van der Waals surface area contributed by atoms with Crippen LogP contribution in [-0.2, 0) is 0 Å². The molecule has 2 aliphatic carbocycles. The molecule has 0 aromatic heterocycles. The molecule has 0 bridgehead atoms. The SMILES string of the molecule is CC(C)CN(C(=S)NC1CCCC1)C1CC1. The van der Waals surface area contributed by atoms with Gasteiger partial charge >= 0.3 is 0 Å². The van der Waals surface area contributed by atoms with Gasteiger partial charge in [0.2, 0.25) is 0 Å². The third-order valence-corrected chi connectivity index (χ3v) is 3.85. The topological polar surface area (TPSA) is 15.3 Å². The zero-order chi connectivity index (χ0) is 11.5. The van der Waals surface area contributed by atoms with Gasteiger partial charge < -0.3 is 10.2 Å². The molecule has 0 radical (unpaired) electrons. The number of nitrogens with one attached hydrogen (secondary N) is 1. The summed E-state index contributed by atoms with van der Waals surface area (Å²) in [6.07, 6.45) is 8.01. The summed E-state index contributed by atoms with van der Waals surface area (Å²) < 4.78 is 0. The van der Waals surface area contributed by atoms with E-state index in [1.165, 1.54) is 38.5 Å². The van der Waals surface area contributed by atoms with Crippen molar-refractivity contribution < 1.29 is 0 Å². The lowest BCUT2D eigenvalue weighted by Crippen LogP contribution is -2.46. The Morgan fingerprint density at radius 1 is 1.25 bits per heavy atom. The molecule has 16 heavy (non-hydrogen) atoms. The molecule has 2 fully saturated rings. The quantitative estimate of drug-likeness (QED) is 0.761. The molecule has 0 unspecified atom stereocenters. The first-order valence-electron chi connectivity index (χ1n) is 6.74. The Morgan fingerprint density at radius 2 is 1.88 bits per heavy atom. The molecule has 0 heterocycles. The summed E-state index contributed by atoms with van der Waals surface area (Å²) in [5.74, 6) is 0.698. The molecule has 92 valence electrons. The summed E-state index contributed by atoms with van der Waals surface area (Å²) in [5, 5.41) is 4.58. The average Bonchev–Trinajstić information content (AvgIpc) is 2.94. The van der Waals surface area contributed by atoms with Crippen LogP contribution in [0.5, 0.6) is 0 Å². The highest BCUT2D eigenvalue weighted by atomic mass is 32.1. The molecule has 2 nitrogen and oxygen atoms in total. The molecular formula is C13H24N2S. The van der Waals surface area contributed by atoms with E-state index in [1.807, 2.05) is 0 Å². The van der Waals surface area contributed by atoms with Gasteiger partial charge in [-0.1, -0.05) is 26.7 Å². The standard InChI is InChI=1S/C13H24N2S/c1-10(2)9-15(12-7-8-12)13(16)14-11-5-3-4-6-11/h10-12H,3-9H2,1-2H3,(H,14,16). The second kappa shape index (κ2) is 5.35. The Kier molecular flexibility index (Phi) is 4.06. The van der Waals surface area contributed by atoms with Gasteiger partial charge in [-0.25, -0.2) is 0 Å². The lowest BCUT2D eigenvalue weighted by Gasteiger charge is -2.29. The van der Waals surface area contributed by atoms with E-state index in [9.17, 15) is 0 Å². The van der Waals surface area contributed by atoms with Crippen LogP contribution >= 0.6 is 12.2 Å². The maximum absolute atomic E-state index is 5.56. The van der Waals surface area contributed by atoms with E-state index in [0.29, 0.717) is 12.0 Å². The molecule has 1 N–H and O–H groups in total. The predicted molar refractivity (Wildman–Crippen MR) is 72.6 cm³/mol. The fourth-order valence-corrected chi connectivity index (χ4v) is 2.90. The fraction of sp³-hybridized carbons (Fsp3) is 0.923. The maximum Gasteiger partial charge on any atom is 0.169 e. The van der Waals surface area contributed by atoms with E-state index < -0.39 is 0 Å². The van der Waals surface area contributed by atoms with Gasteiger partial charge in [-0.2, -0.15) is 0 Å². The summed E-state index contributed by atoms with van der Waals surface area (Å²) >= 11 is 5.56. The van der Waals surface area contributed by atoms with E-state index in [2.05, 4.69) is 24.1 Å². The molecule has 0 amide bonds. The molecule has 0 saturated heterocycles. The van der Waals surface area contributed by atoms with Gasteiger partial charge in [-0.05, 0) is 43.8 Å². The molecule has 0 spiro atoms. The average molecular weight is 240 g/mol. The van der Waals surface area contributed by atoms with Crippen molar-refractivity contribution in [2.45, 2.75) is 64.5 Å². The minimum atomic E-state index is 0.654. The first-order valence-corrected chi connectivity index (χ1v) is 7.15. The Bertz CT molecular complexity index is 242. The second-order valence-corrected chi connectivity index (χ2v) is 6.09. The Balaban J connectivity index is 1.83. The second-order valence-electron chi connectivity index (χ2n) is 5.71. The van der Waals surface area contributed by atoms with Crippen molar-refractivity contribution in [1.29, 1.82) is 0 Å². The van der Waals surface area contributed by atoms with Crippen LogP contribution in [0.15, 0.2) is 0 Å². The van der Waals surface area contributed by atoms with Crippen molar-refractivity contribution >= 4 is 17.3 Å². The molecule has 0 aromatic carbocycles. The number of hydrogen-bond acceptors (Lipinski definition) is 1. The van der Waals surface area contributed by atoms with Gasteiger partial charge in [0.15, 0.2) is 5.11 Å². The highest BCUT2D eigenvalue weighted by Crippen LogP contribution is 2.28. The van der Waals surface area contributed by atoms with Crippen molar-refractivity contribution in [2.24, 2.45) is 5.92 Å². The van der Waals surface area contributed by atoms with Crippen LogP contribution < -0.4 is 5.32 Å². The van der Waals surface area contributed by atoms with Gasteiger partial charge in [0.1, 0.15) is 0 Å². The van der Waals surface area contributed by atoms with Gasteiger partial charge in [-0.15, -0.1) is 0 Å². The monoisotopic (exact) mass is 240 g/mol. The fourth-order valence-electron chi connectivity index (χ4n) is 2.51. The Morgan fingerprint density at radius 3 is 2.38 bits per heavy atom. The molecule has 0 aliphatic heterocycles. The molecule has 2 rings (SSSR count). The van der Waals surface area contributed by atoms with Crippen molar-refractivity contribution in [3.63, 3.8) is 0 Å². The number of nitrogens with zero attached hydrogens (tertiary/aromatic N) is 1. The largest absolute Gasteiger partial charge is 0.360 e. The summed E-state index contributed by atoms with van der Waals surface area (Å²) in [5.41, 5.74) is 0. The smallest absolute Gasteiger partial charge is 0.169 e. The molecule has 2 aliphatic rings. The maximum atomic E-state index is 5.56. The summed E-state index contributed by atoms with van der Waals surface area (Å²) in [4.78, 5) is 2.43. The first kappa shape index (κ1) is 12.2. The van der Waals surface area contributed by atoms with E-state index >= 15 is 0 Å². The van der Waals surface area contributed by atoms with Gasteiger partial charge in [0.05, 0.1) is 0 Å². The van der Waals surface area contributed by atoms with E-state index in [0.717, 1.165) is 17.7 Å². The molecule has 3 heteroatoms. The van der Waals surface area contributed by atoms with Crippen LogP contribution in [0.4, 0.5) is 0 Å². The van der Waals surface area contributed by atoms with Crippen molar-refractivity contribution in [3.05, 3.63) is 0 Å². The lowest BCUT2D eigenvalue weighted by molar-refractivity contribution is 0.347. The van der Waals surface area contributed by atoms with Crippen molar-refractivity contribution in [3.8, 4) is 0 Å². The predicted octanol–water partition coefficient (Wildman–Crippen LogP) is 2.92. The van der Waals surface area contributed by atoms with Gasteiger partial charge in [0.25, 0.3) is 0 Å². The molecule has 0 atom stereocenters. The Labute approximate surface area is 105 Å². The van der Waals surface area contributed by atoms with Gasteiger partial charge in [0, 0.05) is 18.6 Å². The van der Waals surface area contributed by atoms with E-state index in [1.54, 1.807) is 0 Å². The molecule has 2 saturated carbocycles. The van der Waals surface area contributed by atoms with Crippen LogP contribution in [0.25, 0.3) is 0 Å². The summed E-state index contributed by atoms with van der Waals surface area (Å²) in [7, 11) is 0. The van der Waals surface area contributed by atoms with Crippen LogP contribution in [0.1, 0.15) is 52.4 Å². The van der Waals surface area contributed by atoms with Crippen molar-refractivity contribution in [2.75, 3.05) is 6.54 Å². The zero-order valence-corrected chi connectivity index (χ0v) is 11.4. The molecular weight excluding hydrogens is 216 g/mol. The lowest BCUT2D eigenvalue weighted by atomic mass is 10.2.